The summed E-state index contributed by atoms with van der Waals surface area (Å²) in [5.41, 5.74) is 0.770. The van der Waals surface area contributed by atoms with Gasteiger partial charge in [0.2, 0.25) is 0 Å². The maximum Gasteiger partial charge on any atom is 0.335 e. The van der Waals surface area contributed by atoms with E-state index < -0.39 is 96.3 Å². The van der Waals surface area contributed by atoms with Crippen molar-refractivity contribution in [2.45, 2.75) is 174 Å². The van der Waals surface area contributed by atoms with Crippen molar-refractivity contribution in [3.63, 3.8) is 0 Å². The molecular formula is C42H62O15. The molecule has 2 saturated heterocycles. The highest BCUT2D eigenvalue weighted by Crippen LogP contribution is 2.74. The fourth-order valence-electron chi connectivity index (χ4n) is 12.9. The van der Waals surface area contributed by atoms with Gasteiger partial charge in [-0.1, -0.05) is 59.3 Å². The first-order chi connectivity index (χ1) is 26.4. The Hall–Kier alpha value is -2.47. The van der Waals surface area contributed by atoms with Crippen molar-refractivity contribution < 1.29 is 74.2 Å². The minimum atomic E-state index is -2.01. The van der Waals surface area contributed by atoms with Crippen molar-refractivity contribution >= 4 is 17.9 Å². The third-order valence-corrected chi connectivity index (χ3v) is 16.9. The fraction of sp³-hybridized carbons (Fsp3) is 0.833. The van der Waals surface area contributed by atoms with Gasteiger partial charge in [-0.3, -0.25) is 4.79 Å². The lowest BCUT2D eigenvalue weighted by Crippen LogP contribution is -2.67. The monoisotopic (exact) mass is 806 g/mol. The van der Waals surface area contributed by atoms with Crippen LogP contribution in [-0.4, -0.2) is 126 Å². The number of allylic oxidation sites excluding steroid dienone is 4. The molecule has 5 fully saturated rings. The van der Waals surface area contributed by atoms with E-state index >= 15 is 0 Å². The van der Waals surface area contributed by atoms with Gasteiger partial charge in [-0.2, -0.15) is 0 Å². The summed E-state index contributed by atoms with van der Waals surface area (Å²) in [5, 5.41) is 83.0. The minimum Gasteiger partial charge on any atom is -0.481 e. The Balaban J connectivity index is 1.17. The second-order valence-electron chi connectivity index (χ2n) is 20.2. The maximum atomic E-state index is 12.5. The number of hydrogen-bond donors (Lipinski definition) is 8. The van der Waals surface area contributed by atoms with Crippen molar-refractivity contribution in [2.75, 3.05) is 0 Å². The van der Waals surface area contributed by atoms with Gasteiger partial charge in [0.25, 0.3) is 0 Å². The van der Waals surface area contributed by atoms with Crippen LogP contribution in [0.4, 0.5) is 0 Å². The average molecular weight is 807 g/mol. The highest BCUT2D eigenvalue weighted by molar-refractivity contribution is 5.75. The van der Waals surface area contributed by atoms with Crippen LogP contribution < -0.4 is 0 Å². The van der Waals surface area contributed by atoms with Gasteiger partial charge in [0.05, 0.1) is 11.5 Å². The summed E-state index contributed by atoms with van der Waals surface area (Å²) < 4.78 is 23.5. The number of carboxylic acids is 3. The van der Waals surface area contributed by atoms with Crippen molar-refractivity contribution in [1.29, 1.82) is 0 Å². The van der Waals surface area contributed by atoms with Crippen molar-refractivity contribution in [1.82, 2.24) is 0 Å². The molecule has 3 saturated carbocycles. The normalized spacial score (nSPS) is 51.8. The zero-order valence-electron chi connectivity index (χ0n) is 34.0. The maximum absolute atomic E-state index is 12.5. The van der Waals surface area contributed by atoms with Crippen LogP contribution in [0.2, 0.25) is 0 Å². The van der Waals surface area contributed by atoms with Crippen LogP contribution >= 0.6 is 0 Å². The van der Waals surface area contributed by atoms with E-state index in [2.05, 4.69) is 53.7 Å². The second kappa shape index (κ2) is 14.1. The first kappa shape index (κ1) is 42.6. The molecule has 0 bridgehead atoms. The smallest absolute Gasteiger partial charge is 0.335 e. The Morgan fingerprint density at radius 1 is 0.684 bits per heavy atom. The largest absolute Gasteiger partial charge is 0.481 e. The van der Waals surface area contributed by atoms with Crippen LogP contribution in [0.3, 0.4) is 0 Å². The molecule has 2 heterocycles. The molecule has 320 valence electrons. The number of ether oxygens (including phenoxy) is 4. The number of rotatable bonds is 7. The van der Waals surface area contributed by atoms with Gasteiger partial charge in [-0.25, -0.2) is 9.59 Å². The molecule has 0 aromatic heterocycles. The van der Waals surface area contributed by atoms with Gasteiger partial charge in [0.15, 0.2) is 24.8 Å². The van der Waals surface area contributed by atoms with E-state index in [1.54, 1.807) is 0 Å². The van der Waals surface area contributed by atoms with Crippen LogP contribution in [0, 0.1) is 44.3 Å². The predicted octanol–water partition coefficient (Wildman–Crippen LogP) is 2.99. The van der Waals surface area contributed by atoms with Gasteiger partial charge < -0.3 is 59.8 Å². The van der Waals surface area contributed by atoms with Gasteiger partial charge in [-0.15, -0.1) is 0 Å². The van der Waals surface area contributed by atoms with E-state index in [4.69, 9.17) is 18.9 Å². The van der Waals surface area contributed by atoms with Crippen LogP contribution in [0.25, 0.3) is 0 Å². The quantitative estimate of drug-likeness (QED) is 0.172. The lowest BCUT2D eigenvalue weighted by Gasteiger charge is -2.69. The van der Waals surface area contributed by atoms with E-state index in [9.17, 15) is 55.2 Å². The summed E-state index contributed by atoms with van der Waals surface area (Å²) in [7, 11) is 0. The lowest BCUT2D eigenvalue weighted by atomic mass is 9.35. The molecular weight excluding hydrogens is 744 g/mol. The zero-order valence-corrected chi connectivity index (χ0v) is 34.0. The number of aliphatic hydroxyl groups excluding tert-OH is 5. The summed E-state index contributed by atoms with van der Waals surface area (Å²) in [6.45, 7) is 15.6. The number of hydrogen-bond acceptors (Lipinski definition) is 12. The van der Waals surface area contributed by atoms with Crippen LogP contribution in [0.15, 0.2) is 23.3 Å². The van der Waals surface area contributed by atoms with Crippen molar-refractivity contribution in [2.24, 2.45) is 44.3 Å². The minimum absolute atomic E-state index is 0.0257. The standard InChI is InChI=1S/C42H62O15/c1-37(2)21-10-13-42(7)22(9-8-19-20-18-39(4,36(52)53)15-14-38(20,3)16-17-41(19,42)6)40(21,5)12-11-23(37)54-35-31(27(46)26(45)30(56-35)33(50)51)57-34-28(47)24(43)25(44)29(55-34)32(48)49/h8-9,21-31,34-35,43-47H,10-18H2,1-7H3,(H,48,49)(H,50,51)(H,52,53)/t21-,22+,23-,24-,25-,26-,27-,28+,29-,30-,31+,34-,35-,38+,39-,40-,41+,42+/m0/s1. The van der Waals surface area contributed by atoms with E-state index in [0.29, 0.717) is 19.3 Å². The molecule has 2 aliphatic heterocycles. The Bertz CT molecular complexity index is 1710. The number of fused-ring (bicyclic) bond motifs is 6. The summed E-state index contributed by atoms with van der Waals surface area (Å²) in [5.74, 6) is -3.67. The zero-order chi connectivity index (χ0) is 42.0. The third-order valence-electron chi connectivity index (χ3n) is 16.9. The van der Waals surface area contributed by atoms with Gasteiger partial charge in [0, 0.05) is 0 Å². The van der Waals surface area contributed by atoms with Crippen LogP contribution in [0.5, 0.6) is 0 Å². The van der Waals surface area contributed by atoms with Crippen molar-refractivity contribution in [3.05, 3.63) is 23.3 Å². The second-order valence-corrected chi connectivity index (χ2v) is 20.2. The molecule has 18 atom stereocenters. The van der Waals surface area contributed by atoms with Gasteiger partial charge in [-0.05, 0) is 109 Å². The molecule has 7 rings (SSSR count). The Morgan fingerprint density at radius 3 is 1.89 bits per heavy atom. The first-order valence-corrected chi connectivity index (χ1v) is 20.5. The lowest BCUT2D eigenvalue weighted by molar-refractivity contribution is -0.371. The molecule has 7 aliphatic rings. The third kappa shape index (κ3) is 6.27. The fourth-order valence-corrected chi connectivity index (χ4v) is 12.9. The topological polar surface area (TPSA) is 250 Å². The van der Waals surface area contributed by atoms with Crippen LogP contribution in [-0.2, 0) is 33.3 Å². The Labute approximate surface area is 333 Å². The molecule has 0 aromatic rings. The van der Waals surface area contributed by atoms with E-state index in [-0.39, 0.29) is 33.5 Å². The summed E-state index contributed by atoms with van der Waals surface area (Å²) >= 11 is 0. The Kier molecular flexibility index (Phi) is 10.5. The molecule has 0 unspecified atom stereocenters. The molecule has 57 heavy (non-hydrogen) atoms. The summed E-state index contributed by atoms with van der Waals surface area (Å²) in [4.78, 5) is 36.4. The molecule has 5 aliphatic carbocycles. The molecule has 0 aromatic carbocycles. The number of carboxylic acid groups (broad SMARTS) is 3. The molecule has 0 spiro atoms. The van der Waals surface area contributed by atoms with Gasteiger partial charge >= 0.3 is 17.9 Å². The van der Waals surface area contributed by atoms with Crippen LogP contribution in [0.1, 0.15) is 106 Å². The summed E-state index contributed by atoms with van der Waals surface area (Å²) in [6, 6.07) is 0. The van der Waals surface area contributed by atoms with E-state index in [0.717, 1.165) is 38.5 Å². The average Bonchev–Trinajstić information content (AvgIpc) is 3.12. The first-order valence-electron chi connectivity index (χ1n) is 20.5. The highest BCUT2D eigenvalue weighted by Gasteiger charge is 2.67. The molecule has 8 N–H and O–H groups in total. The van der Waals surface area contributed by atoms with E-state index in [1.165, 1.54) is 11.1 Å². The number of carbonyl (C=O) groups is 3. The molecule has 0 radical (unpaired) electrons. The molecule has 15 heteroatoms. The number of aliphatic hydroxyl groups is 5. The van der Waals surface area contributed by atoms with Gasteiger partial charge in [0.1, 0.15) is 36.6 Å². The van der Waals surface area contributed by atoms with Crippen molar-refractivity contribution in [3.8, 4) is 0 Å². The molecule has 15 nitrogen and oxygen atoms in total. The molecule has 0 amide bonds. The Morgan fingerprint density at radius 2 is 1.28 bits per heavy atom. The number of aliphatic carboxylic acids is 3. The summed E-state index contributed by atoms with van der Waals surface area (Å²) in [6.07, 6.45) is -7.94. The SMILES string of the molecule is CC1(C)[C@@H](O[C@H]2O[C@H](C(=O)O)[C@@H](O)[C@H](O)[C@H]2O[C@@H]2O[C@H](C(=O)O)[C@@H](O)[C@H](O)[C@H]2O)CC[C@]2(C)[C@H]3C=CC4=C5C[C@@](C)(C(=O)O)CC[C@]5(C)CC[C@@]4(C)[C@]3(C)CC[C@@H]12. The highest BCUT2D eigenvalue weighted by atomic mass is 16.8. The van der Waals surface area contributed by atoms with E-state index in [1.807, 2.05) is 6.92 Å². The predicted molar refractivity (Wildman–Crippen MR) is 199 cm³/mol.